The first-order chi connectivity index (χ1) is 8.62. The van der Waals surface area contributed by atoms with Gasteiger partial charge in [0.15, 0.2) is 0 Å². The zero-order valence-corrected chi connectivity index (χ0v) is 13.4. The largest absolute Gasteiger partial charge is 0.317 e. The molecule has 2 heterocycles. The maximum absolute atomic E-state index is 11.8. The van der Waals surface area contributed by atoms with E-state index in [1.54, 1.807) is 6.92 Å². The van der Waals surface area contributed by atoms with E-state index in [4.69, 9.17) is 11.6 Å². The molecule has 0 bridgehead atoms. The Morgan fingerprint density at radius 1 is 1.37 bits per heavy atom. The van der Waals surface area contributed by atoms with E-state index < -0.39 is 0 Å². The lowest BCUT2D eigenvalue weighted by Crippen LogP contribution is -2.43. The van der Waals surface area contributed by atoms with Crippen LogP contribution in [-0.4, -0.2) is 25.5 Å². The lowest BCUT2D eigenvalue weighted by molar-refractivity contribution is -0.116. The number of anilines is 1. The Balaban J connectivity index is 0.00000133. The van der Waals surface area contributed by atoms with Crippen LogP contribution >= 0.6 is 28.6 Å². The fraction of sp³-hybridized carbons (Fsp3) is 0.500. The van der Waals surface area contributed by atoms with Crippen molar-refractivity contribution >= 4 is 40.2 Å². The van der Waals surface area contributed by atoms with Crippen LogP contribution in [0.4, 0.5) is 5.69 Å². The smallest absolute Gasteiger partial charge is 0.223 e. The van der Waals surface area contributed by atoms with Gasteiger partial charge in [-0.25, -0.2) is 0 Å². The predicted octanol–water partition coefficient (Wildman–Crippen LogP) is 2.91. The van der Waals surface area contributed by atoms with Gasteiger partial charge < -0.3 is 10.2 Å². The molecule has 1 fully saturated rings. The Labute approximate surface area is 129 Å². The molecule has 5 heteroatoms. The highest BCUT2D eigenvalue weighted by Crippen LogP contribution is 2.46. The maximum Gasteiger partial charge on any atom is 0.223 e. The van der Waals surface area contributed by atoms with Gasteiger partial charge in [0.05, 0.1) is 0 Å². The topological polar surface area (TPSA) is 32.3 Å². The summed E-state index contributed by atoms with van der Waals surface area (Å²) in [6.07, 6.45) is 2.15. The molecule has 0 radical (unpaired) electrons. The lowest BCUT2D eigenvalue weighted by atomic mass is 9.75. The molecule has 1 amide bonds. The monoisotopic (exact) mass is 344 g/mol. The normalized spacial score (nSPS) is 20.0. The van der Waals surface area contributed by atoms with E-state index >= 15 is 0 Å². The highest BCUT2D eigenvalue weighted by Gasteiger charge is 2.44. The van der Waals surface area contributed by atoms with Crippen molar-refractivity contribution in [1.82, 2.24) is 5.32 Å². The summed E-state index contributed by atoms with van der Waals surface area (Å²) in [6.45, 7) is 4.47. The lowest BCUT2D eigenvalue weighted by Gasteiger charge is -2.34. The van der Waals surface area contributed by atoms with E-state index in [2.05, 4.69) is 5.32 Å². The van der Waals surface area contributed by atoms with Gasteiger partial charge >= 0.3 is 0 Å². The predicted molar refractivity (Wildman–Crippen MR) is 83.6 cm³/mol. The standard InChI is InChI=1S/C14H17ClN2O.BrH/c1-10(18)17-9-14(4-6-16-7-5-14)12-8-11(15)2-3-13(12)17;/h2-3,8,16H,4-7,9H2,1H3;1H. The average molecular weight is 346 g/mol. The van der Waals surface area contributed by atoms with Crippen LogP contribution in [0.2, 0.25) is 5.02 Å². The van der Waals surface area contributed by atoms with E-state index in [1.807, 2.05) is 23.1 Å². The number of amides is 1. The number of rotatable bonds is 0. The minimum Gasteiger partial charge on any atom is -0.317 e. The van der Waals surface area contributed by atoms with E-state index in [0.717, 1.165) is 43.2 Å². The highest BCUT2D eigenvalue weighted by molar-refractivity contribution is 8.93. The maximum atomic E-state index is 11.8. The number of hydrogen-bond donors (Lipinski definition) is 1. The molecule has 0 aliphatic carbocycles. The summed E-state index contributed by atoms with van der Waals surface area (Å²) in [5.41, 5.74) is 2.41. The summed E-state index contributed by atoms with van der Waals surface area (Å²) >= 11 is 6.13. The molecule has 0 unspecified atom stereocenters. The summed E-state index contributed by atoms with van der Waals surface area (Å²) in [5.74, 6) is 0.119. The SMILES string of the molecule is Br.CC(=O)N1CC2(CCNCC2)c2cc(Cl)ccc21. The van der Waals surface area contributed by atoms with E-state index in [1.165, 1.54) is 5.56 Å². The Bertz CT molecular complexity index is 500. The molecule has 0 saturated carbocycles. The minimum atomic E-state index is 0. The molecular weight excluding hydrogens is 328 g/mol. The number of carbonyl (C=O) groups is 1. The van der Waals surface area contributed by atoms with Crippen LogP contribution in [0.25, 0.3) is 0 Å². The molecule has 1 saturated heterocycles. The van der Waals surface area contributed by atoms with Crippen molar-refractivity contribution in [3.63, 3.8) is 0 Å². The molecule has 2 aliphatic rings. The molecule has 1 spiro atoms. The molecule has 1 aromatic rings. The second-order valence-electron chi connectivity index (χ2n) is 5.30. The fourth-order valence-electron chi connectivity index (χ4n) is 3.26. The van der Waals surface area contributed by atoms with Crippen LogP contribution < -0.4 is 10.2 Å². The fourth-order valence-corrected chi connectivity index (χ4v) is 3.43. The number of halogens is 2. The first-order valence-corrected chi connectivity index (χ1v) is 6.79. The van der Waals surface area contributed by atoms with Crippen LogP contribution in [0.1, 0.15) is 25.3 Å². The van der Waals surface area contributed by atoms with Crippen molar-refractivity contribution in [2.75, 3.05) is 24.5 Å². The van der Waals surface area contributed by atoms with Gasteiger partial charge in [-0.3, -0.25) is 4.79 Å². The van der Waals surface area contributed by atoms with Gasteiger partial charge in [-0.1, -0.05) is 11.6 Å². The third-order valence-corrected chi connectivity index (χ3v) is 4.46. The number of benzene rings is 1. The summed E-state index contributed by atoms with van der Waals surface area (Å²) in [5, 5.41) is 4.15. The van der Waals surface area contributed by atoms with Gasteiger partial charge in [-0.15, -0.1) is 17.0 Å². The molecular formula is C14H18BrClN2O. The number of carbonyl (C=O) groups excluding carboxylic acids is 1. The van der Waals surface area contributed by atoms with Gasteiger partial charge in [0, 0.05) is 29.6 Å². The molecule has 1 N–H and O–H groups in total. The van der Waals surface area contributed by atoms with Gasteiger partial charge in [-0.05, 0) is 49.7 Å². The van der Waals surface area contributed by atoms with Crippen LogP contribution in [0.15, 0.2) is 18.2 Å². The van der Waals surface area contributed by atoms with E-state index in [-0.39, 0.29) is 28.3 Å². The second kappa shape index (κ2) is 5.43. The minimum absolute atomic E-state index is 0. The summed E-state index contributed by atoms with van der Waals surface area (Å²) in [6, 6.07) is 5.90. The number of hydrogen-bond acceptors (Lipinski definition) is 2. The second-order valence-corrected chi connectivity index (χ2v) is 5.73. The first-order valence-electron chi connectivity index (χ1n) is 6.41. The molecule has 2 aliphatic heterocycles. The Hall–Kier alpha value is -0.580. The third-order valence-electron chi connectivity index (χ3n) is 4.22. The quantitative estimate of drug-likeness (QED) is 0.784. The summed E-state index contributed by atoms with van der Waals surface area (Å²) in [7, 11) is 0. The molecule has 0 aromatic heterocycles. The Kier molecular flexibility index (Phi) is 4.23. The van der Waals surface area contributed by atoms with Crippen molar-refractivity contribution in [3.05, 3.63) is 28.8 Å². The number of fused-ring (bicyclic) bond motifs is 2. The summed E-state index contributed by atoms with van der Waals surface area (Å²) < 4.78 is 0. The van der Waals surface area contributed by atoms with Crippen LogP contribution in [0, 0.1) is 0 Å². The molecule has 104 valence electrons. The van der Waals surface area contributed by atoms with Crippen molar-refractivity contribution in [2.45, 2.75) is 25.2 Å². The summed E-state index contributed by atoms with van der Waals surface area (Å²) in [4.78, 5) is 13.7. The number of nitrogens with one attached hydrogen (secondary N) is 1. The van der Waals surface area contributed by atoms with E-state index in [0.29, 0.717) is 0 Å². The van der Waals surface area contributed by atoms with Crippen molar-refractivity contribution in [2.24, 2.45) is 0 Å². The van der Waals surface area contributed by atoms with Gasteiger partial charge in [-0.2, -0.15) is 0 Å². The van der Waals surface area contributed by atoms with Crippen LogP contribution in [-0.2, 0) is 10.2 Å². The van der Waals surface area contributed by atoms with Crippen molar-refractivity contribution in [3.8, 4) is 0 Å². The number of nitrogens with zero attached hydrogens (tertiary/aromatic N) is 1. The number of piperidine rings is 1. The Morgan fingerprint density at radius 3 is 2.68 bits per heavy atom. The third kappa shape index (κ3) is 2.41. The van der Waals surface area contributed by atoms with Gasteiger partial charge in [0.2, 0.25) is 5.91 Å². The Morgan fingerprint density at radius 2 is 2.05 bits per heavy atom. The zero-order valence-electron chi connectivity index (χ0n) is 10.9. The first kappa shape index (κ1) is 14.8. The van der Waals surface area contributed by atoms with Crippen LogP contribution in [0.5, 0.6) is 0 Å². The van der Waals surface area contributed by atoms with Gasteiger partial charge in [0.25, 0.3) is 0 Å². The molecule has 3 rings (SSSR count). The molecule has 19 heavy (non-hydrogen) atoms. The van der Waals surface area contributed by atoms with Crippen molar-refractivity contribution in [1.29, 1.82) is 0 Å². The van der Waals surface area contributed by atoms with E-state index in [9.17, 15) is 4.79 Å². The average Bonchev–Trinajstić information content (AvgIpc) is 2.65. The van der Waals surface area contributed by atoms with Gasteiger partial charge in [0.1, 0.15) is 0 Å². The molecule has 3 nitrogen and oxygen atoms in total. The van der Waals surface area contributed by atoms with Crippen molar-refractivity contribution < 1.29 is 4.79 Å². The zero-order chi connectivity index (χ0) is 12.8. The highest BCUT2D eigenvalue weighted by atomic mass is 79.9. The van der Waals surface area contributed by atoms with Crippen LogP contribution in [0.3, 0.4) is 0 Å². The molecule has 0 atom stereocenters. The molecule has 1 aromatic carbocycles.